The van der Waals surface area contributed by atoms with E-state index in [1.165, 1.54) is 127 Å². The first kappa shape index (κ1) is 41.0. The van der Waals surface area contributed by atoms with E-state index in [9.17, 15) is 44.1 Å². The van der Waals surface area contributed by atoms with Gasteiger partial charge in [-0.3, -0.25) is 0 Å². The zero-order valence-electron chi connectivity index (χ0n) is 30.7. The summed E-state index contributed by atoms with van der Waals surface area (Å²) < 4.78 is 31.8. The van der Waals surface area contributed by atoms with E-state index in [1.807, 2.05) is 0 Å². The van der Waals surface area contributed by atoms with Crippen molar-refractivity contribution < 1.29 is 72.5 Å². The molecule has 0 saturated carbocycles. The summed E-state index contributed by atoms with van der Waals surface area (Å²) in [7, 11) is 0. The van der Waals surface area contributed by atoms with Gasteiger partial charge in [-0.1, -0.05) is 18.2 Å². The van der Waals surface area contributed by atoms with Gasteiger partial charge >= 0.3 is 35.8 Å². The summed E-state index contributed by atoms with van der Waals surface area (Å²) in [6.45, 7) is -1.48. The topological polar surface area (TPSA) is 257 Å². The molecule has 18 nitrogen and oxygen atoms in total. The van der Waals surface area contributed by atoms with Gasteiger partial charge in [-0.15, -0.1) is 0 Å². The smallest absolute Gasteiger partial charge is 0.362 e. The lowest BCUT2D eigenvalue weighted by molar-refractivity contribution is -0.0260. The van der Waals surface area contributed by atoms with E-state index in [-0.39, 0.29) is 68.7 Å². The second kappa shape index (κ2) is 19.0. The van der Waals surface area contributed by atoms with Crippen molar-refractivity contribution in [3.63, 3.8) is 0 Å². The van der Waals surface area contributed by atoms with Crippen LogP contribution in [0.25, 0.3) is 0 Å². The van der Waals surface area contributed by atoms with Gasteiger partial charge in [0.1, 0.15) is 81.9 Å². The van der Waals surface area contributed by atoms with Crippen LogP contribution in [0.15, 0.2) is 127 Å². The van der Waals surface area contributed by atoms with Gasteiger partial charge in [-0.2, -0.15) is 0 Å². The van der Waals surface area contributed by atoms with Crippen LogP contribution in [0.4, 0.5) is 0 Å². The summed E-state index contributed by atoms with van der Waals surface area (Å²) in [4.78, 5) is 89.7. The number of phenolic OH excluding ortho intramolecular Hbond substituents is 3. The van der Waals surface area contributed by atoms with E-state index in [2.05, 4.69) is 15.0 Å². The van der Waals surface area contributed by atoms with Gasteiger partial charge in [0.15, 0.2) is 6.10 Å². The van der Waals surface area contributed by atoms with Gasteiger partial charge in [0, 0.05) is 0 Å². The van der Waals surface area contributed by atoms with Crippen LogP contribution in [0.5, 0.6) is 34.5 Å². The van der Waals surface area contributed by atoms with Gasteiger partial charge in [-0.05, 0) is 109 Å². The number of carbonyl (C=O) groups is 6. The summed E-state index contributed by atoms with van der Waals surface area (Å²) in [6.07, 6.45) is -1.52. The third-order valence-corrected chi connectivity index (χ3v) is 7.72. The molecule has 3 aromatic heterocycles. The molecule has 6 rings (SSSR count). The predicted molar refractivity (Wildman–Crippen MR) is 202 cm³/mol. The Morgan fingerprint density at radius 1 is 0.383 bits per heavy atom. The van der Waals surface area contributed by atoms with Crippen molar-refractivity contribution in [2.75, 3.05) is 13.2 Å². The number of hydrogen-bond acceptors (Lipinski definition) is 18. The van der Waals surface area contributed by atoms with Crippen LogP contribution in [0.2, 0.25) is 0 Å². The third kappa shape index (κ3) is 11.2. The minimum absolute atomic E-state index is 0.0523. The number of carbonyl (C=O) groups excluding carboxylic acids is 6. The molecule has 0 atom stereocenters. The molecule has 0 aliphatic carbocycles. The Morgan fingerprint density at radius 3 is 0.950 bits per heavy atom. The average molecular weight is 816 g/mol. The fourth-order valence-corrected chi connectivity index (χ4v) is 4.82. The number of pyridine rings is 3. The molecule has 0 unspecified atom stereocenters. The molecule has 60 heavy (non-hydrogen) atoms. The van der Waals surface area contributed by atoms with E-state index >= 15 is 0 Å². The minimum atomic E-state index is -1.52. The lowest BCUT2D eigenvalue weighted by Gasteiger charge is -2.18. The normalized spacial score (nSPS) is 10.6. The Balaban J connectivity index is 1.15. The molecular formula is C42H29N3O15. The molecule has 18 heteroatoms. The molecule has 0 aliphatic heterocycles. The first-order chi connectivity index (χ1) is 28.9. The molecule has 0 amide bonds. The molecular weight excluding hydrogens is 786 g/mol. The van der Waals surface area contributed by atoms with E-state index in [0.29, 0.717) is 0 Å². The highest BCUT2D eigenvalue weighted by molar-refractivity contribution is 5.94. The standard InChI is InChI=1S/C42H29N3O15/c46-24-10-16-27(17-11-24)57-39(51)33-6-1-4-31(43-33)37(49)55-22-30(60-42(54)36-9-3-8-35(45-36)41(53)59-29-20-14-26(48)15-21-29)23-56-38(50)32-5-2-7-34(44-32)40(52)58-28-18-12-25(47)13-19-28/h1-21,30,46-48H,22-23H2. The van der Waals surface area contributed by atoms with Crippen molar-refractivity contribution in [1.29, 1.82) is 0 Å². The number of benzene rings is 3. The number of rotatable bonds is 14. The molecule has 6 aromatic rings. The van der Waals surface area contributed by atoms with Gasteiger partial charge < -0.3 is 43.7 Å². The molecule has 3 N–H and O–H groups in total. The van der Waals surface area contributed by atoms with E-state index < -0.39 is 55.1 Å². The second-order valence-electron chi connectivity index (χ2n) is 12.1. The third-order valence-electron chi connectivity index (χ3n) is 7.72. The molecule has 0 aliphatic rings. The van der Waals surface area contributed by atoms with Crippen molar-refractivity contribution in [2.45, 2.75) is 6.10 Å². The van der Waals surface area contributed by atoms with Crippen LogP contribution in [0.1, 0.15) is 62.9 Å². The highest BCUT2D eigenvalue weighted by Crippen LogP contribution is 2.20. The second-order valence-corrected chi connectivity index (χ2v) is 12.1. The minimum Gasteiger partial charge on any atom is -0.508 e. The number of aromatic hydroxyl groups is 3. The van der Waals surface area contributed by atoms with E-state index in [0.717, 1.165) is 0 Å². The van der Waals surface area contributed by atoms with Gasteiger partial charge in [-0.25, -0.2) is 43.7 Å². The maximum Gasteiger partial charge on any atom is 0.362 e. The molecule has 0 spiro atoms. The number of aromatic nitrogens is 3. The quantitative estimate of drug-likeness (QED) is 0.0751. The van der Waals surface area contributed by atoms with Crippen molar-refractivity contribution in [2.24, 2.45) is 0 Å². The zero-order valence-corrected chi connectivity index (χ0v) is 30.7. The molecule has 0 saturated heterocycles. The van der Waals surface area contributed by atoms with Crippen LogP contribution in [0.3, 0.4) is 0 Å². The highest BCUT2D eigenvalue weighted by Gasteiger charge is 2.25. The lowest BCUT2D eigenvalue weighted by atomic mass is 10.3. The van der Waals surface area contributed by atoms with Crippen molar-refractivity contribution in [3.05, 3.63) is 162 Å². The molecule has 0 bridgehead atoms. The van der Waals surface area contributed by atoms with Crippen LogP contribution in [0, 0.1) is 0 Å². The van der Waals surface area contributed by atoms with Crippen LogP contribution in [-0.4, -0.2) is 85.4 Å². The number of phenols is 3. The van der Waals surface area contributed by atoms with Crippen molar-refractivity contribution >= 4 is 35.8 Å². The molecule has 0 fully saturated rings. The fraction of sp³-hybridized carbons (Fsp3) is 0.0714. The Labute approximate surface area is 338 Å². The van der Waals surface area contributed by atoms with Crippen LogP contribution in [-0.2, 0) is 14.2 Å². The Bertz CT molecular complexity index is 2430. The maximum absolute atomic E-state index is 13.3. The number of nitrogens with zero attached hydrogens (tertiary/aromatic N) is 3. The first-order valence-corrected chi connectivity index (χ1v) is 17.4. The summed E-state index contributed by atoms with van der Waals surface area (Å²) >= 11 is 0. The SMILES string of the molecule is O=C(OCC(COC(=O)c1cccc(C(=O)Oc2ccc(O)cc2)n1)OC(=O)c1cccc(C(=O)Oc2ccc(O)cc2)n1)c1cccc(C(=O)Oc2ccc(O)cc2)n1. The summed E-state index contributed by atoms with van der Waals surface area (Å²) in [5, 5.41) is 28.4. The van der Waals surface area contributed by atoms with E-state index in [1.54, 1.807) is 0 Å². The van der Waals surface area contributed by atoms with Crippen molar-refractivity contribution in [3.8, 4) is 34.5 Å². The summed E-state index contributed by atoms with van der Waals surface area (Å²) in [5.74, 6) is -6.00. The Hall–Kier alpha value is -8.67. The molecule has 0 radical (unpaired) electrons. The predicted octanol–water partition coefficient (Wildman–Crippen LogP) is 4.89. The van der Waals surface area contributed by atoms with Gasteiger partial charge in [0.25, 0.3) is 0 Å². The average Bonchev–Trinajstić information content (AvgIpc) is 3.26. The van der Waals surface area contributed by atoms with Gasteiger partial charge in [0.2, 0.25) is 0 Å². The van der Waals surface area contributed by atoms with Crippen molar-refractivity contribution in [1.82, 2.24) is 15.0 Å². The largest absolute Gasteiger partial charge is 0.508 e. The highest BCUT2D eigenvalue weighted by atomic mass is 16.6. The zero-order chi connectivity index (χ0) is 42.6. The van der Waals surface area contributed by atoms with E-state index in [4.69, 9.17) is 28.4 Å². The summed E-state index contributed by atoms with van der Waals surface area (Å²) in [6, 6.07) is 27.3. The monoisotopic (exact) mass is 815 g/mol. The lowest BCUT2D eigenvalue weighted by Crippen LogP contribution is -2.31. The molecule has 3 aromatic carbocycles. The molecule has 302 valence electrons. The summed E-state index contributed by atoms with van der Waals surface area (Å²) in [5.41, 5.74) is -1.92. The Kier molecular flexibility index (Phi) is 13.0. The fourth-order valence-electron chi connectivity index (χ4n) is 4.82. The number of esters is 6. The number of hydrogen-bond donors (Lipinski definition) is 3. The van der Waals surface area contributed by atoms with Crippen LogP contribution >= 0.6 is 0 Å². The molecule has 3 heterocycles. The first-order valence-electron chi connectivity index (χ1n) is 17.4. The maximum atomic E-state index is 13.3. The Morgan fingerprint density at radius 2 is 0.650 bits per heavy atom. The van der Waals surface area contributed by atoms with Crippen LogP contribution < -0.4 is 14.2 Å². The van der Waals surface area contributed by atoms with Gasteiger partial charge in [0.05, 0.1) is 0 Å². The number of ether oxygens (including phenoxy) is 6.